The van der Waals surface area contributed by atoms with Gasteiger partial charge in [0.25, 0.3) is 0 Å². The van der Waals surface area contributed by atoms with E-state index in [1.165, 1.54) is 17.7 Å². The molecule has 2 nitrogen and oxygen atoms in total. The summed E-state index contributed by atoms with van der Waals surface area (Å²) in [4.78, 5) is 8.66. The first-order chi connectivity index (χ1) is 9.24. The highest BCUT2D eigenvalue weighted by Gasteiger charge is 2.13. The Labute approximate surface area is 115 Å². The lowest BCUT2D eigenvalue weighted by Crippen LogP contribution is -2.12. The van der Waals surface area contributed by atoms with Gasteiger partial charge < -0.3 is 0 Å². The maximum absolute atomic E-state index is 4.45. The Bertz CT molecular complexity index is 424. The summed E-state index contributed by atoms with van der Waals surface area (Å²) in [7, 11) is 0. The molecule has 0 aliphatic rings. The second-order valence-electron chi connectivity index (χ2n) is 5.59. The minimum absolute atomic E-state index is 0.638. The normalized spacial score (nSPS) is 12.6. The van der Waals surface area contributed by atoms with Crippen LogP contribution in [-0.4, -0.2) is 9.97 Å². The molecule has 100 valence electrons. The Kier molecular flexibility index (Phi) is 5.08. The minimum Gasteiger partial charge on any atom is -0.264 e. The smallest absolute Gasteiger partial charge is 0.0406 e. The minimum atomic E-state index is 0.638. The fourth-order valence-electron chi connectivity index (χ4n) is 2.57. The van der Waals surface area contributed by atoms with Crippen molar-refractivity contribution in [1.29, 1.82) is 0 Å². The molecule has 2 heteroatoms. The van der Waals surface area contributed by atoms with Gasteiger partial charge in [0.05, 0.1) is 0 Å². The van der Waals surface area contributed by atoms with Crippen molar-refractivity contribution in [2.75, 3.05) is 0 Å². The molecule has 2 aromatic rings. The van der Waals surface area contributed by atoms with Crippen molar-refractivity contribution in [3.05, 3.63) is 60.2 Å². The van der Waals surface area contributed by atoms with Crippen LogP contribution in [0.1, 0.15) is 31.5 Å². The van der Waals surface area contributed by atoms with E-state index in [0.717, 1.165) is 12.8 Å². The zero-order chi connectivity index (χ0) is 13.5. The zero-order valence-corrected chi connectivity index (χ0v) is 11.8. The lowest BCUT2D eigenvalue weighted by Gasteiger charge is -2.18. The predicted molar refractivity (Wildman–Crippen MR) is 78.8 cm³/mol. The molecule has 0 fully saturated rings. The summed E-state index contributed by atoms with van der Waals surface area (Å²) in [5.41, 5.74) is 2.51. The van der Waals surface area contributed by atoms with Gasteiger partial charge in [0.1, 0.15) is 0 Å². The molecule has 0 aromatic carbocycles. The largest absolute Gasteiger partial charge is 0.264 e. The van der Waals surface area contributed by atoms with Gasteiger partial charge in [0, 0.05) is 24.3 Å². The molecular formula is C17H22N2. The molecule has 0 aliphatic carbocycles. The molecule has 2 aromatic heterocycles. The highest BCUT2D eigenvalue weighted by atomic mass is 14.7. The summed E-state index contributed by atoms with van der Waals surface area (Å²) in [6.07, 6.45) is 9.05. The number of nitrogens with zero attached hydrogens (tertiary/aromatic N) is 2. The van der Waals surface area contributed by atoms with Crippen molar-refractivity contribution in [2.24, 2.45) is 11.8 Å². The van der Waals surface area contributed by atoms with E-state index in [0.29, 0.717) is 11.8 Å². The Morgan fingerprint density at radius 3 is 2.53 bits per heavy atom. The van der Waals surface area contributed by atoms with E-state index < -0.39 is 0 Å². The lowest BCUT2D eigenvalue weighted by atomic mass is 9.88. The van der Waals surface area contributed by atoms with Crippen molar-refractivity contribution in [3.8, 4) is 0 Å². The third-order valence-corrected chi connectivity index (χ3v) is 3.28. The molecule has 1 unspecified atom stereocenters. The third kappa shape index (κ3) is 4.82. The summed E-state index contributed by atoms with van der Waals surface area (Å²) >= 11 is 0. The molecule has 0 bridgehead atoms. The van der Waals surface area contributed by atoms with E-state index in [9.17, 15) is 0 Å². The van der Waals surface area contributed by atoms with E-state index in [1.807, 2.05) is 30.7 Å². The topological polar surface area (TPSA) is 25.8 Å². The standard InChI is InChI=1S/C17H22N2/c1-14(2)10-16(11-15-6-5-8-18-13-15)12-17-7-3-4-9-19-17/h3-9,13-14,16H,10-12H2,1-2H3. The maximum atomic E-state index is 4.45. The van der Waals surface area contributed by atoms with Crippen LogP contribution in [0, 0.1) is 11.8 Å². The monoisotopic (exact) mass is 254 g/mol. The van der Waals surface area contributed by atoms with Gasteiger partial charge in [-0.15, -0.1) is 0 Å². The average molecular weight is 254 g/mol. The van der Waals surface area contributed by atoms with E-state index in [2.05, 4.69) is 42.0 Å². The van der Waals surface area contributed by atoms with Crippen molar-refractivity contribution in [1.82, 2.24) is 9.97 Å². The van der Waals surface area contributed by atoms with Gasteiger partial charge in [-0.3, -0.25) is 9.97 Å². The Balaban J connectivity index is 2.03. The van der Waals surface area contributed by atoms with Gasteiger partial charge in [-0.25, -0.2) is 0 Å². The number of aromatic nitrogens is 2. The van der Waals surface area contributed by atoms with Gasteiger partial charge in [0.2, 0.25) is 0 Å². The van der Waals surface area contributed by atoms with Gasteiger partial charge in [-0.1, -0.05) is 26.0 Å². The van der Waals surface area contributed by atoms with E-state index in [4.69, 9.17) is 0 Å². The van der Waals surface area contributed by atoms with Crippen LogP contribution in [0.2, 0.25) is 0 Å². The third-order valence-electron chi connectivity index (χ3n) is 3.28. The molecular weight excluding hydrogens is 232 g/mol. The number of pyridine rings is 2. The molecule has 0 radical (unpaired) electrons. The highest BCUT2D eigenvalue weighted by Crippen LogP contribution is 2.20. The van der Waals surface area contributed by atoms with Gasteiger partial charge >= 0.3 is 0 Å². The van der Waals surface area contributed by atoms with Crippen LogP contribution in [0.25, 0.3) is 0 Å². The van der Waals surface area contributed by atoms with Crippen LogP contribution in [0.4, 0.5) is 0 Å². The van der Waals surface area contributed by atoms with Crippen LogP contribution >= 0.6 is 0 Å². The number of rotatable bonds is 6. The fourth-order valence-corrected chi connectivity index (χ4v) is 2.57. The quantitative estimate of drug-likeness (QED) is 0.780. The van der Waals surface area contributed by atoms with Crippen LogP contribution in [0.15, 0.2) is 48.9 Å². The van der Waals surface area contributed by atoms with Crippen molar-refractivity contribution in [2.45, 2.75) is 33.1 Å². The Morgan fingerprint density at radius 1 is 1.00 bits per heavy atom. The Morgan fingerprint density at radius 2 is 1.89 bits per heavy atom. The lowest BCUT2D eigenvalue weighted by molar-refractivity contribution is 0.401. The van der Waals surface area contributed by atoms with Crippen molar-refractivity contribution in [3.63, 3.8) is 0 Å². The average Bonchev–Trinajstić information content (AvgIpc) is 2.40. The number of hydrogen-bond acceptors (Lipinski definition) is 2. The highest BCUT2D eigenvalue weighted by molar-refractivity contribution is 5.11. The molecule has 0 aliphatic heterocycles. The SMILES string of the molecule is CC(C)CC(Cc1cccnc1)Cc1ccccn1. The van der Waals surface area contributed by atoms with Crippen LogP contribution in [0.5, 0.6) is 0 Å². The predicted octanol–water partition coefficient (Wildman–Crippen LogP) is 3.92. The van der Waals surface area contributed by atoms with E-state index in [-0.39, 0.29) is 0 Å². The van der Waals surface area contributed by atoms with Gasteiger partial charge in [-0.05, 0) is 54.9 Å². The molecule has 0 spiro atoms. The summed E-state index contributed by atoms with van der Waals surface area (Å²) in [6.45, 7) is 4.57. The second kappa shape index (κ2) is 7.03. The first-order valence-electron chi connectivity index (χ1n) is 7.03. The molecule has 0 saturated heterocycles. The molecule has 0 N–H and O–H groups in total. The van der Waals surface area contributed by atoms with Crippen molar-refractivity contribution < 1.29 is 0 Å². The van der Waals surface area contributed by atoms with Gasteiger partial charge in [-0.2, -0.15) is 0 Å². The summed E-state index contributed by atoms with van der Waals surface area (Å²) in [5, 5.41) is 0. The van der Waals surface area contributed by atoms with E-state index >= 15 is 0 Å². The molecule has 2 rings (SSSR count). The van der Waals surface area contributed by atoms with Crippen LogP contribution in [-0.2, 0) is 12.8 Å². The van der Waals surface area contributed by atoms with Gasteiger partial charge in [0.15, 0.2) is 0 Å². The Hall–Kier alpha value is -1.70. The summed E-state index contributed by atoms with van der Waals surface area (Å²) < 4.78 is 0. The molecule has 1 atom stereocenters. The van der Waals surface area contributed by atoms with Crippen LogP contribution < -0.4 is 0 Å². The maximum Gasteiger partial charge on any atom is 0.0406 e. The molecule has 19 heavy (non-hydrogen) atoms. The second-order valence-corrected chi connectivity index (χ2v) is 5.59. The first kappa shape index (κ1) is 13.7. The molecule has 0 amide bonds. The summed E-state index contributed by atoms with van der Waals surface area (Å²) in [6, 6.07) is 10.3. The zero-order valence-electron chi connectivity index (χ0n) is 11.8. The van der Waals surface area contributed by atoms with Crippen molar-refractivity contribution >= 4 is 0 Å². The molecule has 2 heterocycles. The first-order valence-corrected chi connectivity index (χ1v) is 7.03. The fraction of sp³-hybridized carbons (Fsp3) is 0.412. The summed E-state index contributed by atoms with van der Waals surface area (Å²) in [5.74, 6) is 1.35. The van der Waals surface area contributed by atoms with Crippen LogP contribution in [0.3, 0.4) is 0 Å². The van der Waals surface area contributed by atoms with E-state index in [1.54, 1.807) is 0 Å². The number of hydrogen-bond donors (Lipinski definition) is 0. The molecule has 0 saturated carbocycles.